The van der Waals surface area contributed by atoms with E-state index >= 15 is 0 Å². The number of aromatic nitrogens is 2. The van der Waals surface area contributed by atoms with Crippen molar-refractivity contribution < 1.29 is 0 Å². The van der Waals surface area contributed by atoms with Gasteiger partial charge in [-0.05, 0) is 17.7 Å². The molecule has 2 aromatic rings. The van der Waals surface area contributed by atoms with Gasteiger partial charge in [0.1, 0.15) is 0 Å². The molecular weight excluding hydrogens is 194 g/mol. The SMILES string of the molecule is Nc1nc(C=Cc2cccnc2)cs1. The highest BCUT2D eigenvalue weighted by Crippen LogP contribution is 2.13. The van der Waals surface area contributed by atoms with E-state index in [2.05, 4.69) is 9.97 Å². The quantitative estimate of drug-likeness (QED) is 0.814. The van der Waals surface area contributed by atoms with Crippen LogP contribution >= 0.6 is 11.3 Å². The lowest BCUT2D eigenvalue weighted by Gasteiger charge is -1.88. The molecule has 70 valence electrons. The summed E-state index contributed by atoms with van der Waals surface area (Å²) >= 11 is 1.44. The maximum atomic E-state index is 5.51. The van der Waals surface area contributed by atoms with Crippen molar-refractivity contribution in [2.45, 2.75) is 0 Å². The average molecular weight is 203 g/mol. The summed E-state index contributed by atoms with van der Waals surface area (Å²) in [5.41, 5.74) is 7.45. The van der Waals surface area contributed by atoms with Crippen molar-refractivity contribution in [2.75, 3.05) is 5.73 Å². The molecule has 0 spiro atoms. The summed E-state index contributed by atoms with van der Waals surface area (Å²) in [5, 5.41) is 2.51. The summed E-state index contributed by atoms with van der Waals surface area (Å²) in [6.45, 7) is 0. The summed E-state index contributed by atoms with van der Waals surface area (Å²) in [7, 11) is 0. The minimum atomic E-state index is 0.593. The van der Waals surface area contributed by atoms with Gasteiger partial charge in [-0.2, -0.15) is 0 Å². The van der Waals surface area contributed by atoms with Gasteiger partial charge in [0.2, 0.25) is 0 Å². The Kier molecular flexibility index (Phi) is 2.55. The molecular formula is C10H9N3S. The van der Waals surface area contributed by atoms with E-state index in [9.17, 15) is 0 Å². The van der Waals surface area contributed by atoms with Gasteiger partial charge in [-0.1, -0.05) is 12.1 Å². The van der Waals surface area contributed by atoms with Crippen molar-refractivity contribution in [3.63, 3.8) is 0 Å². The molecule has 2 rings (SSSR count). The molecule has 0 unspecified atom stereocenters. The second-order valence-electron chi connectivity index (χ2n) is 2.73. The lowest BCUT2D eigenvalue weighted by molar-refractivity contribution is 1.32. The molecule has 3 nitrogen and oxygen atoms in total. The number of hydrogen-bond donors (Lipinski definition) is 1. The third-order valence-electron chi connectivity index (χ3n) is 1.67. The van der Waals surface area contributed by atoms with Crippen molar-refractivity contribution in [2.24, 2.45) is 0 Å². The molecule has 2 heterocycles. The molecule has 2 aromatic heterocycles. The van der Waals surface area contributed by atoms with Gasteiger partial charge in [0.15, 0.2) is 5.13 Å². The number of pyridine rings is 1. The molecule has 14 heavy (non-hydrogen) atoms. The van der Waals surface area contributed by atoms with Crippen molar-refractivity contribution in [1.29, 1.82) is 0 Å². The van der Waals surface area contributed by atoms with Gasteiger partial charge in [0.25, 0.3) is 0 Å². The van der Waals surface area contributed by atoms with Crippen molar-refractivity contribution in [3.8, 4) is 0 Å². The first-order valence-corrected chi connectivity index (χ1v) is 5.02. The van der Waals surface area contributed by atoms with Crippen molar-refractivity contribution in [3.05, 3.63) is 41.2 Å². The minimum absolute atomic E-state index is 0.593. The van der Waals surface area contributed by atoms with Gasteiger partial charge >= 0.3 is 0 Å². The standard InChI is InChI=1S/C10H9N3S/c11-10-13-9(7-14-10)4-3-8-2-1-5-12-6-8/h1-7H,(H2,11,13). The molecule has 2 N–H and O–H groups in total. The first kappa shape index (κ1) is 8.90. The second kappa shape index (κ2) is 4.02. The smallest absolute Gasteiger partial charge is 0.180 e. The zero-order chi connectivity index (χ0) is 9.80. The molecule has 0 aromatic carbocycles. The van der Waals surface area contributed by atoms with E-state index < -0.39 is 0 Å². The van der Waals surface area contributed by atoms with Crippen LogP contribution in [0.5, 0.6) is 0 Å². The summed E-state index contributed by atoms with van der Waals surface area (Å²) < 4.78 is 0. The lowest BCUT2D eigenvalue weighted by Crippen LogP contribution is -1.81. The van der Waals surface area contributed by atoms with Crippen LogP contribution in [-0.2, 0) is 0 Å². The predicted octanol–water partition coefficient (Wildman–Crippen LogP) is 2.29. The molecule has 0 aliphatic heterocycles. The van der Waals surface area contributed by atoms with Gasteiger partial charge in [-0.3, -0.25) is 4.98 Å². The molecule has 0 radical (unpaired) electrons. The highest BCUT2D eigenvalue weighted by Gasteiger charge is 1.92. The molecule has 0 aliphatic carbocycles. The fourth-order valence-corrected chi connectivity index (χ4v) is 1.56. The number of anilines is 1. The first-order chi connectivity index (χ1) is 6.84. The Morgan fingerprint density at radius 1 is 1.36 bits per heavy atom. The Labute approximate surface area is 85.9 Å². The third kappa shape index (κ3) is 2.17. The molecule has 0 saturated carbocycles. The Morgan fingerprint density at radius 3 is 2.93 bits per heavy atom. The Morgan fingerprint density at radius 2 is 2.29 bits per heavy atom. The van der Waals surface area contributed by atoms with Crippen LogP contribution in [0.3, 0.4) is 0 Å². The van der Waals surface area contributed by atoms with E-state index in [4.69, 9.17) is 5.73 Å². The van der Waals surface area contributed by atoms with Crippen LogP contribution in [-0.4, -0.2) is 9.97 Å². The number of nitrogens with zero attached hydrogens (tertiary/aromatic N) is 2. The van der Waals surface area contributed by atoms with Gasteiger partial charge in [0, 0.05) is 17.8 Å². The van der Waals surface area contributed by atoms with E-state index in [0.29, 0.717) is 5.13 Å². The van der Waals surface area contributed by atoms with Gasteiger partial charge in [-0.15, -0.1) is 11.3 Å². The largest absolute Gasteiger partial charge is 0.375 e. The topological polar surface area (TPSA) is 51.8 Å². The third-order valence-corrected chi connectivity index (χ3v) is 2.36. The Balaban J connectivity index is 2.15. The number of hydrogen-bond acceptors (Lipinski definition) is 4. The van der Waals surface area contributed by atoms with Gasteiger partial charge in [0.05, 0.1) is 5.69 Å². The summed E-state index contributed by atoms with van der Waals surface area (Å²) in [6.07, 6.45) is 7.43. The van der Waals surface area contributed by atoms with E-state index in [1.807, 2.05) is 29.7 Å². The summed E-state index contributed by atoms with van der Waals surface area (Å²) in [6, 6.07) is 3.88. The average Bonchev–Trinajstić information content (AvgIpc) is 2.63. The second-order valence-corrected chi connectivity index (χ2v) is 3.62. The summed E-state index contributed by atoms with van der Waals surface area (Å²) in [4.78, 5) is 8.12. The van der Waals surface area contributed by atoms with E-state index in [-0.39, 0.29) is 0 Å². The van der Waals surface area contributed by atoms with Crippen LogP contribution in [0.1, 0.15) is 11.3 Å². The molecule has 0 atom stereocenters. The van der Waals surface area contributed by atoms with E-state index in [1.54, 1.807) is 12.4 Å². The zero-order valence-corrected chi connectivity index (χ0v) is 8.24. The van der Waals surface area contributed by atoms with Crippen LogP contribution in [0, 0.1) is 0 Å². The van der Waals surface area contributed by atoms with Crippen molar-refractivity contribution >= 4 is 28.6 Å². The van der Waals surface area contributed by atoms with Crippen LogP contribution in [0.2, 0.25) is 0 Å². The van der Waals surface area contributed by atoms with E-state index in [1.165, 1.54) is 11.3 Å². The highest BCUT2D eigenvalue weighted by molar-refractivity contribution is 7.13. The monoisotopic (exact) mass is 203 g/mol. The Hall–Kier alpha value is -1.68. The number of nitrogens with two attached hydrogens (primary N) is 1. The zero-order valence-electron chi connectivity index (χ0n) is 7.42. The van der Waals surface area contributed by atoms with Crippen LogP contribution < -0.4 is 5.73 Å². The maximum Gasteiger partial charge on any atom is 0.180 e. The van der Waals surface area contributed by atoms with Crippen molar-refractivity contribution in [1.82, 2.24) is 9.97 Å². The normalized spacial score (nSPS) is 10.9. The predicted molar refractivity (Wildman–Crippen MR) is 59.7 cm³/mol. The first-order valence-electron chi connectivity index (χ1n) is 4.14. The van der Waals surface area contributed by atoms with Crippen LogP contribution in [0.15, 0.2) is 29.9 Å². The molecule has 0 bridgehead atoms. The highest BCUT2D eigenvalue weighted by atomic mass is 32.1. The number of rotatable bonds is 2. The minimum Gasteiger partial charge on any atom is -0.375 e. The maximum absolute atomic E-state index is 5.51. The molecule has 0 aliphatic rings. The van der Waals surface area contributed by atoms with Gasteiger partial charge in [-0.25, -0.2) is 4.98 Å². The molecule has 0 amide bonds. The number of nitrogen functional groups attached to an aromatic ring is 1. The van der Waals surface area contributed by atoms with Gasteiger partial charge < -0.3 is 5.73 Å². The Bertz CT molecular complexity index is 434. The molecule has 0 saturated heterocycles. The van der Waals surface area contributed by atoms with E-state index in [0.717, 1.165) is 11.3 Å². The van der Waals surface area contributed by atoms with Crippen LogP contribution in [0.25, 0.3) is 12.2 Å². The van der Waals surface area contributed by atoms with Crippen LogP contribution in [0.4, 0.5) is 5.13 Å². The number of thiazole rings is 1. The summed E-state index contributed by atoms with van der Waals surface area (Å²) in [5.74, 6) is 0. The fourth-order valence-electron chi connectivity index (χ4n) is 1.03. The molecule has 0 fully saturated rings. The lowest BCUT2D eigenvalue weighted by atomic mass is 10.2. The fraction of sp³-hybridized carbons (Fsp3) is 0. The molecule has 4 heteroatoms.